The van der Waals surface area contributed by atoms with Crippen molar-refractivity contribution in [1.82, 2.24) is 0 Å². The first-order valence-corrected chi connectivity index (χ1v) is 6.41. The zero-order chi connectivity index (χ0) is 13.2. The number of nitriles is 1. The summed E-state index contributed by atoms with van der Waals surface area (Å²) in [5, 5.41) is 12.1. The van der Waals surface area contributed by atoms with Crippen LogP contribution in [-0.2, 0) is 5.41 Å². The number of rotatable bonds is 2. The van der Waals surface area contributed by atoms with Crippen LogP contribution in [-0.4, -0.2) is 12.6 Å². The van der Waals surface area contributed by atoms with Crippen LogP contribution in [0.15, 0.2) is 18.2 Å². The third kappa shape index (κ3) is 2.76. The molecule has 2 rings (SSSR count). The maximum absolute atomic E-state index is 8.62. The average Bonchev–Trinajstić information content (AvgIpc) is 2.34. The molecule has 1 aromatic carbocycles. The molecule has 0 fully saturated rings. The Kier molecular flexibility index (Phi) is 3.47. The fraction of sp³-hybridized carbons (Fsp3) is 0.533. The second kappa shape index (κ2) is 4.89. The van der Waals surface area contributed by atoms with Gasteiger partial charge in [0.2, 0.25) is 0 Å². The number of hydrogen-bond acceptors (Lipinski definition) is 3. The molecule has 0 amide bonds. The largest absolute Gasteiger partial charge is 0.489 e. The summed E-state index contributed by atoms with van der Waals surface area (Å²) in [4.78, 5) is 0. The Hall–Kier alpha value is -1.69. The minimum absolute atomic E-state index is 0.135. The zero-order valence-electron chi connectivity index (χ0n) is 11.3. The van der Waals surface area contributed by atoms with Gasteiger partial charge in [-0.25, -0.2) is 0 Å². The minimum atomic E-state index is 0.135. The van der Waals surface area contributed by atoms with Crippen molar-refractivity contribution in [2.75, 3.05) is 11.9 Å². The summed E-state index contributed by atoms with van der Waals surface area (Å²) in [6, 6.07) is 8.73. The van der Waals surface area contributed by atoms with Crippen molar-refractivity contribution in [3.05, 3.63) is 23.8 Å². The van der Waals surface area contributed by atoms with E-state index in [9.17, 15) is 0 Å². The Morgan fingerprint density at radius 1 is 1.44 bits per heavy atom. The second-order valence-corrected chi connectivity index (χ2v) is 5.81. The van der Waals surface area contributed by atoms with Gasteiger partial charge in [0.15, 0.2) is 0 Å². The Balaban J connectivity index is 2.17. The number of ether oxygens (including phenoxy) is 1. The maximum Gasteiger partial charge on any atom is 0.142 e. The predicted octanol–water partition coefficient (Wildman–Crippen LogP) is 3.46. The zero-order valence-corrected chi connectivity index (χ0v) is 11.3. The summed E-state index contributed by atoms with van der Waals surface area (Å²) in [7, 11) is 0. The molecular weight excluding hydrogens is 224 g/mol. The van der Waals surface area contributed by atoms with Crippen molar-refractivity contribution in [2.45, 2.75) is 45.1 Å². The molecule has 3 heteroatoms. The van der Waals surface area contributed by atoms with E-state index in [1.807, 2.05) is 6.07 Å². The van der Waals surface area contributed by atoms with Crippen LogP contribution in [0.25, 0.3) is 0 Å². The van der Waals surface area contributed by atoms with Gasteiger partial charge >= 0.3 is 0 Å². The van der Waals surface area contributed by atoms with Gasteiger partial charge in [-0.2, -0.15) is 5.26 Å². The number of benzene rings is 1. The van der Waals surface area contributed by atoms with Crippen LogP contribution >= 0.6 is 0 Å². The maximum atomic E-state index is 8.62. The monoisotopic (exact) mass is 244 g/mol. The number of anilines is 1. The molecule has 0 saturated carbocycles. The predicted molar refractivity (Wildman–Crippen MR) is 72.9 cm³/mol. The summed E-state index contributed by atoms with van der Waals surface area (Å²) in [5.74, 6) is 0.913. The number of fused-ring (bicyclic) bond motifs is 1. The molecule has 1 aliphatic rings. The van der Waals surface area contributed by atoms with Crippen molar-refractivity contribution in [3.8, 4) is 11.8 Å². The molecule has 1 atom stereocenters. The van der Waals surface area contributed by atoms with Gasteiger partial charge < -0.3 is 10.1 Å². The molecule has 96 valence electrons. The normalized spacial score (nSPS) is 18.2. The molecule has 0 spiro atoms. The fourth-order valence-electron chi connectivity index (χ4n) is 2.08. The van der Waals surface area contributed by atoms with Crippen molar-refractivity contribution in [2.24, 2.45) is 0 Å². The van der Waals surface area contributed by atoms with E-state index in [1.165, 1.54) is 5.56 Å². The van der Waals surface area contributed by atoms with Gasteiger partial charge in [0.25, 0.3) is 0 Å². The van der Waals surface area contributed by atoms with Gasteiger partial charge in [-0.15, -0.1) is 0 Å². The molecule has 0 radical (unpaired) electrons. The lowest BCUT2D eigenvalue weighted by atomic mass is 9.86. The highest BCUT2D eigenvalue weighted by atomic mass is 16.5. The van der Waals surface area contributed by atoms with Crippen LogP contribution in [0.2, 0.25) is 0 Å². The molecule has 1 aromatic rings. The molecule has 18 heavy (non-hydrogen) atoms. The minimum Gasteiger partial charge on any atom is -0.489 e. The van der Waals surface area contributed by atoms with E-state index >= 15 is 0 Å². The van der Waals surface area contributed by atoms with Gasteiger partial charge in [-0.3, -0.25) is 0 Å². The van der Waals surface area contributed by atoms with Crippen LogP contribution < -0.4 is 10.1 Å². The van der Waals surface area contributed by atoms with E-state index in [2.05, 4.69) is 44.3 Å². The molecule has 0 bridgehead atoms. The Morgan fingerprint density at radius 2 is 2.22 bits per heavy atom. The van der Waals surface area contributed by atoms with Crippen LogP contribution in [0.4, 0.5) is 5.69 Å². The third-order valence-corrected chi connectivity index (χ3v) is 3.25. The van der Waals surface area contributed by atoms with E-state index in [4.69, 9.17) is 10.00 Å². The Labute approximate surface area is 109 Å². The van der Waals surface area contributed by atoms with Crippen molar-refractivity contribution >= 4 is 5.69 Å². The first-order chi connectivity index (χ1) is 8.50. The first kappa shape index (κ1) is 12.8. The van der Waals surface area contributed by atoms with Gasteiger partial charge in [-0.05, 0) is 29.5 Å². The van der Waals surface area contributed by atoms with Crippen molar-refractivity contribution in [1.29, 1.82) is 5.26 Å². The van der Waals surface area contributed by atoms with Gasteiger partial charge in [0, 0.05) is 6.42 Å². The highest BCUT2D eigenvalue weighted by Crippen LogP contribution is 2.34. The topological polar surface area (TPSA) is 45.0 Å². The smallest absolute Gasteiger partial charge is 0.142 e. The SMILES string of the molecule is CC(C)(C)c1ccc2c(c1)NC(CCC#N)CO2. The standard InChI is InChI=1S/C15H20N2O/c1-15(2,3)11-6-7-14-13(9-11)17-12(10-18-14)5-4-8-16/h6-7,9,12,17H,4-5,10H2,1-3H3. The van der Waals surface area contributed by atoms with E-state index in [0.717, 1.165) is 17.9 Å². The molecule has 1 aliphatic heterocycles. The van der Waals surface area contributed by atoms with E-state index < -0.39 is 0 Å². The summed E-state index contributed by atoms with van der Waals surface area (Å²) in [6.07, 6.45) is 1.39. The van der Waals surface area contributed by atoms with E-state index in [-0.39, 0.29) is 11.5 Å². The van der Waals surface area contributed by atoms with E-state index in [0.29, 0.717) is 13.0 Å². The fourth-order valence-corrected chi connectivity index (χ4v) is 2.08. The van der Waals surface area contributed by atoms with Crippen LogP contribution in [0.5, 0.6) is 5.75 Å². The number of nitrogens with one attached hydrogen (secondary N) is 1. The lowest BCUT2D eigenvalue weighted by Crippen LogP contribution is -2.31. The molecule has 0 aliphatic carbocycles. The summed E-state index contributed by atoms with van der Waals surface area (Å²) < 4.78 is 5.73. The van der Waals surface area contributed by atoms with E-state index in [1.54, 1.807) is 0 Å². The molecule has 0 aromatic heterocycles. The molecule has 1 unspecified atom stereocenters. The lowest BCUT2D eigenvalue weighted by molar-refractivity contribution is 0.279. The quantitative estimate of drug-likeness (QED) is 0.866. The highest BCUT2D eigenvalue weighted by Gasteiger charge is 2.21. The van der Waals surface area contributed by atoms with Gasteiger partial charge in [0.05, 0.1) is 17.8 Å². The Bertz CT molecular complexity index is 468. The van der Waals surface area contributed by atoms with Crippen LogP contribution in [0, 0.1) is 11.3 Å². The highest BCUT2D eigenvalue weighted by molar-refractivity contribution is 5.60. The second-order valence-electron chi connectivity index (χ2n) is 5.81. The number of nitrogens with zero attached hydrogens (tertiary/aromatic N) is 1. The molecule has 1 N–H and O–H groups in total. The van der Waals surface area contributed by atoms with Gasteiger partial charge in [-0.1, -0.05) is 26.8 Å². The Morgan fingerprint density at radius 3 is 2.89 bits per heavy atom. The summed E-state index contributed by atoms with van der Waals surface area (Å²) in [5.41, 5.74) is 2.48. The van der Waals surface area contributed by atoms with Crippen LogP contribution in [0.1, 0.15) is 39.2 Å². The molecule has 3 nitrogen and oxygen atoms in total. The van der Waals surface area contributed by atoms with Crippen LogP contribution in [0.3, 0.4) is 0 Å². The third-order valence-electron chi connectivity index (χ3n) is 3.25. The lowest BCUT2D eigenvalue weighted by Gasteiger charge is -2.29. The van der Waals surface area contributed by atoms with Crippen molar-refractivity contribution in [3.63, 3.8) is 0 Å². The molecular formula is C15H20N2O. The molecule has 0 saturated heterocycles. The average molecular weight is 244 g/mol. The summed E-state index contributed by atoms with van der Waals surface area (Å²) >= 11 is 0. The number of hydrogen-bond donors (Lipinski definition) is 1. The van der Waals surface area contributed by atoms with Gasteiger partial charge in [0.1, 0.15) is 12.4 Å². The molecule has 1 heterocycles. The van der Waals surface area contributed by atoms with Crippen molar-refractivity contribution < 1.29 is 4.74 Å². The summed E-state index contributed by atoms with van der Waals surface area (Å²) in [6.45, 7) is 7.24. The first-order valence-electron chi connectivity index (χ1n) is 6.41.